The van der Waals surface area contributed by atoms with Gasteiger partial charge in [-0.2, -0.15) is 0 Å². The molecule has 1 aliphatic rings. The molecule has 7 heteroatoms. The first-order chi connectivity index (χ1) is 12.2. The standard InChI is InChI=1S/C18H22N4O2S/c23-16(12-25-18-20-14-8-4-5-9-15(14)21-18)22-17(24)19-11-10-13-6-2-1-3-7-13/h4-6,8-9H,1-3,7,10-12H2,(H,20,21)(H2,19,22,23,24). The van der Waals surface area contributed by atoms with Crippen LogP contribution in [-0.2, 0) is 4.79 Å². The van der Waals surface area contributed by atoms with Gasteiger partial charge in [0.1, 0.15) is 0 Å². The molecule has 25 heavy (non-hydrogen) atoms. The number of nitrogens with zero attached hydrogens (tertiary/aromatic N) is 1. The third-order valence-electron chi connectivity index (χ3n) is 4.08. The maximum absolute atomic E-state index is 11.9. The molecule has 1 aliphatic carbocycles. The molecule has 0 radical (unpaired) electrons. The van der Waals surface area contributed by atoms with Crippen molar-refractivity contribution >= 4 is 34.7 Å². The first kappa shape index (κ1) is 17.5. The monoisotopic (exact) mass is 358 g/mol. The molecule has 0 spiro atoms. The first-order valence-electron chi connectivity index (χ1n) is 8.54. The predicted molar refractivity (Wildman–Crippen MR) is 99.5 cm³/mol. The number of fused-ring (bicyclic) bond motifs is 1. The molecule has 132 valence electrons. The zero-order valence-electron chi connectivity index (χ0n) is 14.0. The third kappa shape index (κ3) is 5.35. The number of nitrogens with one attached hydrogen (secondary N) is 3. The molecular weight excluding hydrogens is 336 g/mol. The van der Waals surface area contributed by atoms with Crippen LogP contribution < -0.4 is 10.6 Å². The molecule has 1 heterocycles. The summed E-state index contributed by atoms with van der Waals surface area (Å²) in [7, 11) is 0. The van der Waals surface area contributed by atoms with E-state index in [0.29, 0.717) is 11.7 Å². The number of thioether (sulfide) groups is 1. The maximum Gasteiger partial charge on any atom is 0.321 e. The van der Waals surface area contributed by atoms with E-state index in [1.165, 1.54) is 30.2 Å². The van der Waals surface area contributed by atoms with Gasteiger partial charge in [0.2, 0.25) is 5.91 Å². The summed E-state index contributed by atoms with van der Waals surface area (Å²) in [6, 6.07) is 7.24. The summed E-state index contributed by atoms with van der Waals surface area (Å²) in [5.74, 6) is -0.196. The van der Waals surface area contributed by atoms with Gasteiger partial charge in [-0.25, -0.2) is 9.78 Å². The molecule has 0 atom stereocenters. The van der Waals surface area contributed by atoms with Crippen LogP contribution in [0, 0.1) is 0 Å². The number of allylic oxidation sites excluding steroid dienone is 1. The number of imidazole rings is 1. The number of rotatable bonds is 6. The van der Waals surface area contributed by atoms with Crippen LogP contribution in [-0.4, -0.2) is 34.2 Å². The Bertz CT molecular complexity index is 751. The number of carbonyl (C=O) groups excluding carboxylic acids is 2. The summed E-state index contributed by atoms with van der Waals surface area (Å²) in [6.45, 7) is 0.557. The van der Waals surface area contributed by atoms with E-state index in [-0.39, 0.29) is 11.7 Å². The number of imide groups is 1. The van der Waals surface area contributed by atoms with Gasteiger partial charge in [0, 0.05) is 6.54 Å². The van der Waals surface area contributed by atoms with Crippen LogP contribution in [0.2, 0.25) is 0 Å². The number of amides is 3. The van der Waals surface area contributed by atoms with Crippen LogP contribution in [0.3, 0.4) is 0 Å². The van der Waals surface area contributed by atoms with Crippen LogP contribution in [0.25, 0.3) is 11.0 Å². The molecule has 0 fully saturated rings. The fourth-order valence-corrected chi connectivity index (χ4v) is 3.49. The van der Waals surface area contributed by atoms with Crippen LogP contribution in [0.5, 0.6) is 0 Å². The highest BCUT2D eigenvalue weighted by molar-refractivity contribution is 7.99. The fourth-order valence-electron chi connectivity index (χ4n) is 2.81. The van der Waals surface area contributed by atoms with Crippen molar-refractivity contribution in [2.45, 2.75) is 37.3 Å². The summed E-state index contributed by atoms with van der Waals surface area (Å²) in [5.41, 5.74) is 3.19. The van der Waals surface area contributed by atoms with Crippen molar-refractivity contribution in [1.82, 2.24) is 20.6 Å². The van der Waals surface area contributed by atoms with Gasteiger partial charge in [0.25, 0.3) is 0 Å². The Balaban J connectivity index is 1.36. The van der Waals surface area contributed by atoms with Crippen molar-refractivity contribution in [3.05, 3.63) is 35.9 Å². The van der Waals surface area contributed by atoms with Crippen molar-refractivity contribution in [2.75, 3.05) is 12.3 Å². The van der Waals surface area contributed by atoms with E-state index in [9.17, 15) is 9.59 Å². The second-order valence-corrected chi connectivity index (χ2v) is 6.97. The number of H-pyrrole nitrogens is 1. The van der Waals surface area contributed by atoms with Gasteiger partial charge in [-0.1, -0.05) is 35.5 Å². The Kier molecular flexibility index (Phi) is 6.11. The van der Waals surface area contributed by atoms with Crippen molar-refractivity contribution in [1.29, 1.82) is 0 Å². The number of aromatic nitrogens is 2. The minimum Gasteiger partial charge on any atom is -0.337 e. The van der Waals surface area contributed by atoms with Crippen LogP contribution in [0.1, 0.15) is 32.1 Å². The van der Waals surface area contributed by atoms with E-state index in [2.05, 4.69) is 26.7 Å². The highest BCUT2D eigenvalue weighted by Crippen LogP contribution is 2.20. The zero-order valence-corrected chi connectivity index (χ0v) is 14.8. The largest absolute Gasteiger partial charge is 0.337 e. The quantitative estimate of drug-likeness (QED) is 0.546. The lowest BCUT2D eigenvalue weighted by Crippen LogP contribution is -2.40. The number of benzene rings is 1. The Labute approximate surface area is 150 Å². The lowest BCUT2D eigenvalue weighted by molar-refractivity contribution is -0.117. The topological polar surface area (TPSA) is 86.9 Å². The van der Waals surface area contributed by atoms with Gasteiger partial charge >= 0.3 is 6.03 Å². The normalized spacial score (nSPS) is 14.2. The summed E-state index contributed by atoms with van der Waals surface area (Å²) >= 11 is 1.27. The summed E-state index contributed by atoms with van der Waals surface area (Å²) < 4.78 is 0. The van der Waals surface area contributed by atoms with Gasteiger partial charge in [0.05, 0.1) is 16.8 Å². The van der Waals surface area contributed by atoms with E-state index >= 15 is 0 Å². The molecule has 1 aromatic heterocycles. The lowest BCUT2D eigenvalue weighted by atomic mass is 9.97. The molecule has 0 saturated heterocycles. The van der Waals surface area contributed by atoms with E-state index in [0.717, 1.165) is 30.3 Å². The molecule has 3 amide bonds. The summed E-state index contributed by atoms with van der Waals surface area (Å²) in [5, 5.41) is 5.75. The van der Waals surface area contributed by atoms with Crippen molar-refractivity contribution in [2.24, 2.45) is 0 Å². The Hall–Kier alpha value is -2.28. The molecule has 1 aromatic carbocycles. The first-order valence-corrected chi connectivity index (χ1v) is 9.52. The van der Waals surface area contributed by atoms with Gasteiger partial charge in [-0.15, -0.1) is 0 Å². The van der Waals surface area contributed by atoms with Gasteiger partial charge in [-0.05, 0) is 44.2 Å². The second kappa shape index (κ2) is 8.71. The van der Waals surface area contributed by atoms with Crippen LogP contribution in [0.15, 0.2) is 41.1 Å². The Morgan fingerprint density at radius 3 is 2.92 bits per heavy atom. The number of aromatic amines is 1. The molecule has 0 saturated carbocycles. The molecule has 3 rings (SSSR count). The van der Waals surface area contributed by atoms with Crippen molar-refractivity contribution in [3.63, 3.8) is 0 Å². The number of para-hydroxylation sites is 2. The molecule has 0 bridgehead atoms. The molecule has 0 unspecified atom stereocenters. The van der Waals surface area contributed by atoms with E-state index in [1.54, 1.807) is 0 Å². The van der Waals surface area contributed by atoms with Gasteiger partial charge in [-0.3, -0.25) is 10.1 Å². The number of carbonyl (C=O) groups is 2. The minimum atomic E-state index is -0.438. The highest BCUT2D eigenvalue weighted by Gasteiger charge is 2.10. The summed E-state index contributed by atoms with van der Waals surface area (Å²) in [4.78, 5) is 31.1. The molecular formula is C18H22N4O2S. The Morgan fingerprint density at radius 2 is 2.12 bits per heavy atom. The van der Waals surface area contributed by atoms with E-state index < -0.39 is 6.03 Å². The third-order valence-corrected chi connectivity index (χ3v) is 4.95. The highest BCUT2D eigenvalue weighted by atomic mass is 32.2. The van der Waals surface area contributed by atoms with E-state index in [4.69, 9.17) is 0 Å². The molecule has 3 N–H and O–H groups in total. The Morgan fingerprint density at radius 1 is 1.24 bits per heavy atom. The SMILES string of the molecule is O=C(CSc1nc2ccccc2[nH]1)NC(=O)NCCC1=CCCCC1. The fraction of sp³-hybridized carbons (Fsp3) is 0.389. The predicted octanol–water partition coefficient (Wildman–Crippen LogP) is 3.37. The number of hydrogen-bond donors (Lipinski definition) is 3. The molecule has 0 aliphatic heterocycles. The average molecular weight is 358 g/mol. The second-order valence-electron chi connectivity index (χ2n) is 6.01. The molecule has 6 nitrogen and oxygen atoms in total. The minimum absolute atomic E-state index is 0.137. The average Bonchev–Trinajstić information content (AvgIpc) is 3.04. The van der Waals surface area contributed by atoms with Crippen LogP contribution in [0.4, 0.5) is 4.79 Å². The van der Waals surface area contributed by atoms with Gasteiger partial charge in [0.15, 0.2) is 5.16 Å². The number of hydrogen-bond acceptors (Lipinski definition) is 4. The van der Waals surface area contributed by atoms with Gasteiger partial charge < -0.3 is 10.3 Å². The van der Waals surface area contributed by atoms with Crippen molar-refractivity contribution < 1.29 is 9.59 Å². The smallest absolute Gasteiger partial charge is 0.321 e. The molecule has 2 aromatic rings. The number of urea groups is 1. The zero-order chi connectivity index (χ0) is 17.5. The summed E-state index contributed by atoms with van der Waals surface area (Å²) in [6.07, 6.45) is 7.87. The maximum atomic E-state index is 11.9. The van der Waals surface area contributed by atoms with Crippen molar-refractivity contribution in [3.8, 4) is 0 Å². The van der Waals surface area contributed by atoms with E-state index in [1.807, 2.05) is 24.3 Å². The lowest BCUT2D eigenvalue weighted by Gasteiger charge is -2.13. The van der Waals surface area contributed by atoms with Crippen LogP contribution >= 0.6 is 11.8 Å².